The molecule has 1 aliphatic rings. The maximum Gasteiger partial charge on any atom is -0.00132 e. The van der Waals surface area contributed by atoms with Crippen LogP contribution in [0.3, 0.4) is 0 Å². The zero-order valence-electron chi connectivity index (χ0n) is 14.7. The van der Waals surface area contributed by atoms with Gasteiger partial charge in [-0.3, -0.25) is 0 Å². The van der Waals surface area contributed by atoms with Gasteiger partial charge in [0.2, 0.25) is 0 Å². The Morgan fingerprint density at radius 3 is 2.18 bits per heavy atom. The van der Waals surface area contributed by atoms with Gasteiger partial charge in [0.1, 0.15) is 0 Å². The van der Waals surface area contributed by atoms with Crippen LogP contribution in [0.4, 0.5) is 0 Å². The minimum atomic E-state index is 0.996. The predicted molar refractivity (Wildman–Crippen MR) is 100 cm³/mol. The van der Waals surface area contributed by atoms with Crippen LogP contribution in [0.5, 0.6) is 0 Å². The van der Waals surface area contributed by atoms with Crippen LogP contribution in [0.1, 0.15) is 59.7 Å². The molecule has 2 aromatic rings. The molecule has 0 aliphatic heterocycles. The summed E-state index contributed by atoms with van der Waals surface area (Å²) in [6.45, 7) is 21.8. The van der Waals surface area contributed by atoms with Crippen LogP contribution in [0.2, 0.25) is 0 Å². The monoisotopic (exact) mass is 292 g/mol. The van der Waals surface area contributed by atoms with Crippen molar-refractivity contribution < 1.29 is 0 Å². The molecule has 0 aromatic heterocycles. The van der Waals surface area contributed by atoms with Gasteiger partial charge in [-0.15, -0.1) is 0 Å². The fourth-order valence-corrected chi connectivity index (χ4v) is 3.11. The summed E-state index contributed by atoms with van der Waals surface area (Å²) in [5.74, 6) is 0. The molecule has 0 amide bonds. The lowest BCUT2D eigenvalue weighted by Crippen LogP contribution is -2.09. The first kappa shape index (κ1) is 18.2. The fraction of sp³-hybridized carbons (Fsp3) is 0.273. The van der Waals surface area contributed by atoms with Gasteiger partial charge >= 0.3 is 0 Å². The first-order chi connectivity index (χ1) is 10.6. The Kier molecular flexibility index (Phi) is 6.61. The van der Waals surface area contributed by atoms with E-state index in [-0.39, 0.29) is 0 Å². The van der Waals surface area contributed by atoms with E-state index in [0.29, 0.717) is 0 Å². The van der Waals surface area contributed by atoms with Crippen LogP contribution in [0.15, 0.2) is 36.9 Å². The number of hydrogen-bond acceptors (Lipinski definition) is 0. The largest absolute Gasteiger partial charge is 0.0905 e. The van der Waals surface area contributed by atoms with Crippen molar-refractivity contribution in [2.24, 2.45) is 0 Å². The van der Waals surface area contributed by atoms with E-state index in [1.165, 1.54) is 33.4 Å². The van der Waals surface area contributed by atoms with Gasteiger partial charge in [0.25, 0.3) is 0 Å². The van der Waals surface area contributed by atoms with Crippen molar-refractivity contribution in [3.8, 4) is 0 Å². The molecule has 0 saturated heterocycles. The summed E-state index contributed by atoms with van der Waals surface area (Å²) in [5, 5.41) is 0. The predicted octanol–water partition coefficient (Wildman–Crippen LogP) is 6.32. The molecule has 0 bridgehead atoms. The van der Waals surface area contributed by atoms with Crippen molar-refractivity contribution in [2.45, 2.75) is 41.0 Å². The Morgan fingerprint density at radius 1 is 0.909 bits per heavy atom. The zero-order valence-corrected chi connectivity index (χ0v) is 14.7. The lowest BCUT2D eigenvalue weighted by molar-refractivity contribution is 1.11. The average Bonchev–Trinajstić information content (AvgIpc) is 2.50. The Hall–Kier alpha value is -1.82. The van der Waals surface area contributed by atoms with Crippen molar-refractivity contribution in [3.63, 3.8) is 0 Å². The van der Waals surface area contributed by atoms with Gasteiger partial charge in [0.15, 0.2) is 0 Å². The second-order valence-electron chi connectivity index (χ2n) is 5.22. The van der Waals surface area contributed by atoms with Crippen LogP contribution in [0.25, 0.3) is 5.57 Å². The highest BCUT2D eigenvalue weighted by Crippen LogP contribution is 2.38. The maximum absolute atomic E-state index is 4.31. The van der Waals surface area contributed by atoms with E-state index in [1.807, 2.05) is 13.8 Å². The van der Waals surface area contributed by atoms with Crippen molar-refractivity contribution in [2.75, 3.05) is 0 Å². The molecular formula is C22H28. The van der Waals surface area contributed by atoms with Gasteiger partial charge in [-0.25, -0.2) is 0 Å². The molecule has 0 heterocycles. The van der Waals surface area contributed by atoms with Crippen LogP contribution in [-0.4, -0.2) is 0 Å². The van der Waals surface area contributed by atoms with Gasteiger partial charge in [-0.1, -0.05) is 70.2 Å². The molecule has 2 radical (unpaired) electrons. The highest BCUT2D eigenvalue weighted by molar-refractivity contribution is 5.87. The molecule has 2 aromatic carbocycles. The van der Waals surface area contributed by atoms with E-state index in [1.54, 1.807) is 6.92 Å². The van der Waals surface area contributed by atoms with Gasteiger partial charge in [-0.2, -0.15) is 0 Å². The fourth-order valence-electron chi connectivity index (χ4n) is 3.11. The summed E-state index contributed by atoms with van der Waals surface area (Å²) in [6, 6.07) is 10.9. The molecule has 0 heteroatoms. The molecule has 0 saturated carbocycles. The van der Waals surface area contributed by atoms with Crippen molar-refractivity contribution >= 4 is 5.57 Å². The Labute approximate surface area is 136 Å². The number of hydrogen-bond donors (Lipinski definition) is 0. The number of aryl methyl sites for hydroxylation is 2. The quantitative estimate of drug-likeness (QED) is 0.455. The first-order valence-electron chi connectivity index (χ1n) is 8.02. The second-order valence-corrected chi connectivity index (χ2v) is 5.22. The third-order valence-electron chi connectivity index (χ3n) is 3.79. The molecule has 0 unspecified atom stereocenters. The molecule has 22 heavy (non-hydrogen) atoms. The van der Waals surface area contributed by atoms with E-state index in [9.17, 15) is 0 Å². The maximum atomic E-state index is 4.31. The Morgan fingerprint density at radius 2 is 1.55 bits per heavy atom. The van der Waals surface area contributed by atoms with Gasteiger partial charge in [0, 0.05) is 0 Å². The third-order valence-corrected chi connectivity index (χ3v) is 3.79. The lowest BCUT2D eigenvalue weighted by atomic mass is 9.78. The van der Waals surface area contributed by atoms with E-state index < -0.39 is 0 Å². The van der Waals surface area contributed by atoms with Crippen LogP contribution < -0.4 is 0 Å². The third kappa shape index (κ3) is 3.32. The van der Waals surface area contributed by atoms with Crippen molar-refractivity contribution in [1.82, 2.24) is 0 Å². The summed E-state index contributed by atoms with van der Waals surface area (Å²) in [6.07, 6.45) is 0.996. The van der Waals surface area contributed by atoms with E-state index in [2.05, 4.69) is 64.6 Å². The second kappa shape index (κ2) is 7.98. The van der Waals surface area contributed by atoms with Crippen LogP contribution in [0, 0.1) is 27.7 Å². The SMILES string of the molecule is CC.[CH2]C.[CH2]c1cc(C)cc2c1C(=C)c1c(C)cccc1C2. The van der Waals surface area contributed by atoms with Crippen LogP contribution >= 0.6 is 0 Å². The molecule has 0 N–H and O–H groups in total. The molecule has 0 fully saturated rings. The first-order valence-corrected chi connectivity index (χ1v) is 8.02. The molecule has 0 spiro atoms. The molecule has 1 aliphatic carbocycles. The number of fused-ring (bicyclic) bond motifs is 2. The highest BCUT2D eigenvalue weighted by atomic mass is 14.2. The minimum absolute atomic E-state index is 0.996. The summed E-state index contributed by atoms with van der Waals surface area (Å²) in [5.41, 5.74) is 10.1. The van der Waals surface area contributed by atoms with E-state index >= 15 is 0 Å². The number of benzene rings is 2. The number of rotatable bonds is 0. The summed E-state index contributed by atoms with van der Waals surface area (Å²) in [4.78, 5) is 0. The Bertz CT molecular complexity index is 660. The van der Waals surface area contributed by atoms with E-state index in [0.717, 1.165) is 17.6 Å². The van der Waals surface area contributed by atoms with Gasteiger partial charge in [-0.05, 0) is 66.1 Å². The molecule has 0 atom stereocenters. The van der Waals surface area contributed by atoms with Crippen molar-refractivity contribution in [1.29, 1.82) is 0 Å². The Balaban J connectivity index is 0.000000561. The molecule has 3 rings (SSSR count). The molecule has 116 valence electrons. The lowest BCUT2D eigenvalue weighted by Gasteiger charge is -2.25. The van der Waals surface area contributed by atoms with Crippen molar-refractivity contribution in [3.05, 3.63) is 89.7 Å². The topological polar surface area (TPSA) is 0 Å². The molecular weight excluding hydrogens is 264 g/mol. The normalized spacial score (nSPS) is 11.3. The highest BCUT2D eigenvalue weighted by Gasteiger charge is 2.21. The van der Waals surface area contributed by atoms with Crippen LogP contribution in [-0.2, 0) is 6.42 Å². The molecule has 0 nitrogen and oxygen atoms in total. The standard InChI is InChI=1S/C18H17.C2H6.C2H5/c1-11-8-13(3)18-14(4)17-12(2)6-5-7-15(17)10-16(18)9-11;2*1-2/h5-9H,3-4,10H2,1-2H3;1-2H3;1H2,2H3. The minimum Gasteiger partial charge on any atom is -0.0905 e. The van der Waals surface area contributed by atoms with E-state index in [4.69, 9.17) is 0 Å². The summed E-state index contributed by atoms with van der Waals surface area (Å²) >= 11 is 0. The van der Waals surface area contributed by atoms with Gasteiger partial charge in [0.05, 0.1) is 0 Å². The zero-order chi connectivity index (χ0) is 16.9. The average molecular weight is 292 g/mol. The smallest absolute Gasteiger partial charge is 0.00132 e. The van der Waals surface area contributed by atoms with Gasteiger partial charge < -0.3 is 0 Å². The summed E-state index contributed by atoms with van der Waals surface area (Å²) < 4.78 is 0. The summed E-state index contributed by atoms with van der Waals surface area (Å²) in [7, 11) is 0.